The van der Waals surface area contributed by atoms with Gasteiger partial charge in [-0.2, -0.15) is 5.10 Å². The van der Waals surface area contributed by atoms with E-state index in [4.69, 9.17) is 25.2 Å². The smallest absolute Gasteiger partial charge is 0.255 e. The number of rotatable bonds is 5. The molecule has 34 heavy (non-hydrogen) atoms. The molecule has 170 valence electrons. The SMILES string of the molecule is [B]C1([B])Oc2c(C(=O)N[C@H]3CCCC[C@@H]3O)cc(Cc3ccc(-n4cccn4)cc3)c(C)c2O1. The van der Waals surface area contributed by atoms with Crippen molar-refractivity contribution in [2.45, 2.75) is 56.8 Å². The number of nitrogens with one attached hydrogen (secondary N) is 1. The van der Waals surface area contributed by atoms with Crippen molar-refractivity contribution in [3.8, 4) is 17.2 Å². The molecule has 2 atom stereocenters. The summed E-state index contributed by atoms with van der Waals surface area (Å²) in [7, 11) is 11.8. The average molecular weight is 453 g/mol. The predicted molar refractivity (Wildman–Crippen MR) is 129 cm³/mol. The van der Waals surface area contributed by atoms with Gasteiger partial charge >= 0.3 is 0 Å². The van der Waals surface area contributed by atoms with Crippen LogP contribution in [0.5, 0.6) is 11.5 Å². The van der Waals surface area contributed by atoms with Crippen LogP contribution < -0.4 is 14.8 Å². The van der Waals surface area contributed by atoms with E-state index in [9.17, 15) is 9.90 Å². The Hall–Kier alpha value is -3.19. The van der Waals surface area contributed by atoms with Crippen molar-refractivity contribution in [2.24, 2.45) is 0 Å². The Balaban J connectivity index is 1.45. The number of aromatic nitrogens is 2. The number of aliphatic hydroxyl groups is 1. The van der Waals surface area contributed by atoms with Crippen LogP contribution in [0.4, 0.5) is 0 Å². The molecule has 4 radical (unpaired) electrons. The summed E-state index contributed by atoms with van der Waals surface area (Å²) >= 11 is 0. The van der Waals surface area contributed by atoms with Gasteiger partial charge in [-0.05, 0) is 67.1 Å². The number of fused-ring (bicyclic) bond motifs is 1. The predicted octanol–water partition coefficient (Wildman–Crippen LogP) is 2.52. The highest BCUT2D eigenvalue weighted by atomic mass is 16.7. The van der Waals surface area contributed by atoms with Crippen molar-refractivity contribution < 1.29 is 19.4 Å². The van der Waals surface area contributed by atoms with E-state index < -0.39 is 11.7 Å². The van der Waals surface area contributed by atoms with E-state index in [1.807, 2.05) is 43.5 Å². The zero-order chi connectivity index (χ0) is 23.9. The molecule has 3 aromatic rings. The number of hydrogen-bond acceptors (Lipinski definition) is 5. The molecule has 0 spiro atoms. The van der Waals surface area contributed by atoms with Crippen LogP contribution in [0.3, 0.4) is 0 Å². The number of aliphatic hydroxyl groups excluding tert-OH is 1. The van der Waals surface area contributed by atoms with Crippen LogP contribution in [0.1, 0.15) is 52.7 Å². The Morgan fingerprint density at radius 3 is 2.65 bits per heavy atom. The van der Waals surface area contributed by atoms with E-state index in [2.05, 4.69) is 10.4 Å². The molecule has 0 saturated heterocycles. The third-order valence-corrected chi connectivity index (χ3v) is 6.51. The van der Waals surface area contributed by atoms with E-state index in [0.29, 0.717) is 24.2 Å². The number of carbonyl (C=O) groups excluding carboxylic acids is 1. The van der Waals surface area contributed by atoms with Crippen molar-refractivity contribution in [2.75, 3.05) is 0 Å². The van der Waals surface area contributed by atoms with Gasteiger partial charge in [-0.1, -0.05) is 25.0 Å². The normalized spacial score (nSPS) is 20.8. The molecule has 2 aromatic carbocycles. The molecule has 1 amide bonds. The van der Waals surface area contributed by atoms with Gasteiger partial charge in [0, 0.05) is 12.4 Å². The van der Waals surface area contributed by atoms with Crippen LogP contribution in [0.25, 0.3) is 5.69 Å². The van der Waals surface area contributed by atoms with Crippen LogP contribution in [-0.4, -0.2) is 54.2 Å². The molecule has 1 aliphatic carbocycles. The standard InChI is InChI=1S/C25H25B2N3O4/c1-15-17(13-16-7-9-18(10-8-16)30-12-4-11-28-30)14-19(23-22(15)33-25(26,27)34-23)24(32)29-20-5-2-3-6-21(20)31/h4,7-12,14,20-21,31H,2-3,5-6,13H2,1H3,(H,29,32)/t20-,21-/m0/s1. The van der Waals surface area contributed by atoms with Crippen molar-refractivity contribution in [3.63, 3.8) is 0 Å². The van der Waals surface area contributed by atoms with Gasteiger partial charge in [-0.3, -0.25) is 4.79 Å². The molecule has 9 heteroatoms. The van der Waals surface area contributed by atoms with E-state index in [-0.39, 0.29) is 17.7 Å². The number of amides is 1. The van der Waals surface area contributed by atoms with Crippen LogP contribution in [0.2, 0.25) is 0 Å². The fraction of sp³-hybridized carbons (Fsp3) is 0.360. The van der Waals surface area contributed by atoms with Crippen LogP contribution >= 0.6 is 0 Å². The quantitative estimate of drug-likeness (QED) is 0.581. The summed E-state index contributed by atoms with van der Waals surface area (Å²) < 4.78 is 13.1. The minimum atomic E-state index is -1.85. The third-order valence-electron chi connectivity index (χ3n) is 6.51. The second-order valence-corrected chi connectivity index (χ2v) is 9.02. The second-order valence-electron chi connectivity index (χ2n) is 9.02. The van der Waals surface area contributed by atoms with Crippen LogP contribution in [0.15, 0.2) is 48.8 Å². The second kappa shape index (κ2) is 8.87. The van der Waals surface area contributed by atoms with E-state index in [1.54, 1.807) is 16.9 Å². The zero-order valence-corrected chi connectivity index (χ0v) is 19.0. The lowest BCUT2D eigenvalue weighted by atomic mass is 9.76. The van der Waals surface area contributed by atoms with Gasteiger partial charge < -0.3 is 19.9 Å². The first-order valence-corrected chi connectivity index (χ1v) is 11.5. The average Bonchev–Trinajstić information content (AvgIpc) is 3.45. The monoisotopic (exact) mass is 453 g/mol. The third kappa shape index (κ3) is 4.44. The maximum Gasteiger partial charge on any atom is 0.255 e. The van der Waals surface area contributed by atoms with E-state index in [1.165, 1.54) is 0 Å². The summed E-state index contributed by atoms with van der Waals surface area (Å²) in [4.78, 5) is 13.3. The number of ether oxygens (including phenoxy) is 2. The summed E-state index contributed by atoms with van der Waals surface area (Å²) in [6.07, 6.45) is 6.93. The highest BCUT2D eigenvalue weighted by Crippen LogP contribution is 2.45. The van der Waals surface area contributed by atoms with Gasteiger partial charge in [0.1, 0.15) is 0 Å². The van der Waals surface area contributed by atoms with E-state index in [0.717, 1.165) is 41.6 Å². The fourth-order valence-corrected chi connectivity index (χ4v) is 4.64. The maximum atomic E-state index is 13.3. The Bertz CT molecular complexity index is 1200. The molecule has 0 unspecified atom stereocenters. The highest BCUT2D eigenvalue weighted by Gasteiger charge is 2.37. The lowest BCUT2D eigenvalue weighted by Gasteiger charge is -2.28. The maximum absolute atomic E-state index is 13.3. The van der Waals surface area contributed by atoms with Crippen molar-refractivity contribution >= 4 is 21.6 Å². The summed E-state index contributed by atoms with van der Waals surface area (Å²) in [5, 5.41) is 17.5. The highest BCUT2D eigenvalue weighted by molar-refractivity contribution is 6.38. The summed E-state index contributed by atoms with van der Waals surface area (Å²) in [6, 6.07) is 11.4. The first-order chi connectivity index (χ1) is 16.3. The molecule has 1 aliphatic heterocycles. The van der Waals surface area contributed by atoms with Crippen LogP contribution in [0, 0.1) is 6.92 Å². The molecule has 2 heterocycles. The summed E-state index contributed by atoms with van der Waals surface area (Å²) in [6.45, 7) is 1.89. The summed E-state index contributed by atoms with van der Waals surface area (Å²) in [5.41, 5.74) is 2.15. The molecule has 7 nitrogen and oxygen atoms in total. The lowest BCUT2D eigenvalue weighted by Crippen LogP contribution is -2.45. The number of hydrogen-bond donors (Lipinski definition) is 2. The van der Waals surface area contributed by atoms with Gasteiger partial charge in [0.25, 0.3) is 5.91 Å². The van der Waals surface area contributed by atoms with Gasteiger partial charge in [0.05, 0.1) is 23.4 Å². The zero-order valence-electron chi connectivity index (χ0n) is 19.0. The first kappa shape index (κ1) is 22.6. The molecule has 2 aliphatic rings. The minimum Gasteiger partial charge on any atom is -0.468 e. The molecule has 5 rings (SSSR count). The van der Waals surface area contributed by atoms with Gasteiger partial charge in [0.15, 0.2) is 32.8 Å². The Labute approximate surface area is 201 Å². The lowest BCUT2D eigenvalue weighted by molar-refractivity contribution is 0.0699. The van der Waals surface area contributed by atoms with Crippen molar-refractivity contribution in [3.05, 3.63) is 71.0 Å². The van der Waals surface area contributed by atoms with Gasteiger partial charge in [0.2, 0.25) is 0 Å². The fourth-order valence-electron chi connectivity index (χ4n) is 4.64. The number of benzene rings is 2. The molecule has 1 aromatic heterocycles. The van der Waals surface area contributed by atoms with Crippen molar-refractivity contribution in [1.29, 1.82) is 0 Å². The van der Waals surface area contributed by atoms with Crippen LogP contribution in [-0.2, 0) is 6.42 Å². The summed E-state index contributed by atoms with van der Waals surface area (Å²) in [5.74, 6) is 0.242. The van der Waals surface area contributed by atoms with Crippen molar-refractivity contribution in [1.82, 2.24) is 15.1 Å². The largest absolute Gasteiger partial charge is 0.468 e. The Morgan fingerprint density at radius 1 is 1.21 bits per heavy atom. The molecule has 1 fully saturated rings. The molecular formula is C25H25B2N3O4. The molecular weight excluding hydrogens is 428 g/mol. The topological polar surface area (TPSA) is 85.6 Å². The minimum absolute atomic E-state index is 0.225. The number of nitrogens with zero attached hydrogens (tertiary/aromatic N) is 2. The number of carbonyl (C=O) groups is 1. The molecule has 1 saturated carbocycles. The van der Waals surface area contributed by atoms with Gasteiger partial charge in [-0.15, -0.1) is 0 Å². The van der Waals surface area contributed by atoms with E-state index >= 15 is 0 Å². The molecule has 0 bridgehead atoms. The van der Waals surface area contributed by atoms with Gasteiger partial charge in [-0.25, -0.2) is 4.68 Å². The molecule has 2 N–H and O–H groups in total. The Morgan fingerprint density at radius 2 is 1.94 bits per heavy atom. The first-order valence-electron chi connectivity index (χ1n) is 11.5. The Kier molecular flexibility index (Phi) is 5.90.